The first kappa shape index (κ1) is 18.5. The highest BCUT2D eigenvalue weighted by Gasteiger charge is 2.41. The monoisotopic (exact) mass is 390 g/mol. The Bertz CT molecular complexity index is 1030. The van der Waals surface area contributed by atoms with Crippen molar-refractivity contribution in [2.45, 2.75) is 19.0 Å². The number of hydrogen-bond donors (Lipinski definition) is 2. The van der Waals surface area contributed by atoms with Crippen LogP contribution in [0.1, 0.15) is 12.8 Å². The van der Waals surface area contributed by atoms with Crippen LogP contribution in [0, 0.1) is 5.92 Å². The summed E-state index contributed by atoms with van der Waals surface area (Å²) in [6.45, 7) is 0.823. The number of alkyl halides is 3. The molecule has 1 aliphatic rings. The minimum Gasteiger partial charge on any atom is -0.372 e. The van der Waals surface area contributed by atoms with Crippen LogP contribution in [0.2, 0.25) is 0 Å². The Morgan fingerprint density at radius 1 is 1.04 bits per heavy atom. The van der Waals surface area contributed by atoms with Crippen molar-refractivity contribution in [3.8, 4) is 0 Å². The molecule has 8 heteroatoms. The van der Waals surface area contributed by atoms with Crippen LogP contribution in [0.5, 0.6) is 0 Å². The quantitative estimate of drug-likeness (QED) is 0.698. The van der Waals surface area contributed by atoms with Crippen LogP contribution in [0.15, 0.2) is 47.3 Å². The van der Waals surface area contributed by atoms with Gasteiger partial charge < -0.3 is 15.2 Å². The normalized spacial score (nSPS) is 15.9. The third-order valence-electron chi connectivity index (χ3n) is 5.38. The molecule has 0 spiro atoms. The van der Waals surface area contributed by atoms with E-state index in [9.17, 15) is 18.0 Å². The Morgan fingerprint density at radius 3 is 2.32 bits per heavy atom. The Hall–Kier alpha value is -2.90. The molecule has 0 radical (unpaired) electrons. The van der Waals surface area contributed by atoms with Crippen LogP contribution in [0.25, 0.3) is 11.0 Å². The number of benzene rings is 2. The predicted octanol–water partition coefficient (Wildman–Crippen LogP) is 4.39. The van der Waals surface area contributed by atoms with Crippen LogP contribution in [-0.4, -0.2) is 28.8 Å². The minimum atomic E-state index is -4.09. The minimum absolute atomic E-state index is 0.138. The van der Waals surface area contributed by atoms with Gasteiger partial charge in [-0.05, 0) is 55.3 Å². The lowest BCUT2D eigenvalue weighted by Gasteiger charge is -2.34. The van der Waals surface area contributed by atoms with Gasteiger partial charge in [-0.15, -0.1) is 0 Å². The standard InChI is InChI=1S/C20H21F3N4O/c1-26-18-7-4-15(12-17(18)25-19(26)28)24-14-2-5-16(6-3-14)27-10-8-13(9-11-27)20(21,22)23/h2-7,12-13,24H,8-11H2,1H3,(H,25,28). The highest BCUT2D eigenvalue weighted by molar-refractivity contribution is 5.80. The van der Waals surface area contributed by atoms with Crippen molar-refractivity contribution >= 4 is 28.1 Å². The van der Waals surface area contributed by atoms with Gasteiger partial charge in [0.1, 0.15) is 0 Å². The molecule has 148 valence electrons. The molecular formula is C20H21F3N4O. The number of halogens is 3. The third-order valence-corrected chi connectivity index (χ3v) is 5.38. The molecule has 5 nitrogen and oxygen atoms in total. The summed E-state index contributed by atoms with van der Waals surface area (Å²) in [4.78, 5) is 16.5. The van der Waals surface area contributed by atoms with E-state index >= 15 is 0 Å². The Balaban J connectivity index is 1.43. The van der Waals surface area contributed by atoms with Gasteiger partial charge in [0.05, 0.1) is 17.0 Å². The molecule has 2 N–H and O–H groups in total. The molecule has 2 heterocycles. The average Bonchev–Trinajstić information content (AvgIpc) is 2.95. The number of imidazole rings is 1. The second-order valence-electron chi connectivity index (χ2n) is 7.20. The van der Waals surface area contributed by atoms with Crippen LogP contribution in [-0.2, 0) is 7.05 Å². The molecule has 3 aromatic rings. The van der Waals surface area contributed by atoms with Crippen molar-refractivity contribution in [2.75, 3.05) is 23.3 Å². The SMILES string of the molecule is Cn1c(=O)[nH]c2cc(Nc3ccc(N4CCC(C(F)(F)F)CC4)cc3)ccc21. The summed E-state index contributed by atoms with van der Waals surface area (Å²) in [5.41, 5.74) is 4.05. The van der Waals surface area contributed by atoms with Gasteiger partial charge >= 0.3 is 11.9 Å². The number of fused-ring (bicyclic) bond motifs is 1. The van der Waals surface area contributed by atoms with E-state index in [1.807, 2.05) is 47.4 Å². The van der Waals surface area contributed by atoms with Crippen molar-refractivity contribution in [3.05, 3.63) is 52.9 Å². The van der Waals surface area contributed by atoms with E-state index in [-0.39, 0.29) is 18.5 Å². The molecule has 0 aliphatic carbocycles. The summed E-state index contributed by atoms with van der Waals surface area (Å²) in [5, 5.41) is 3.28. The van der Waals surface area contributed by atoms with Gasteiger partial charge in [0, 0.05) is 37.2 Å². The summed E-state index contributed by atoms with van der Waals surface area (Å²) >= 11 is 0. The maximum atomic E-state index is 12.8. The zero-order valence-electron chi connectivity index (χ0n) is 15.4. The fourth-order valence-electron chi connectivity index (χ4n) is 3.70. The molecule has 28 heavy (non-hydrogen) atoms. The lowest BCUT2D eigenvalue weighted by Crippen LogP contribution is -2.38. The molecule has 0 atom stereocenters. The van der Waals surface area contributed by atoms with Gasteiger partial charge in [0.15, 0.2) is 0 Å². The zero-order chi connectivity index (χ0) is 19.9. The number of nitrogens with one attached hydrogen (secondary N) is 2. The van der Waals surface area contributed by atoms with E-state index in [4.69, 9.17) is 0 Å². The highest BCUT2D eigenvalue weighted by Crippen LogP contribution is 2.35. The number of aryl methyl sites for hydroxylation is 1. The van der Waals surface area contributed by atoms with E-state index in [1.54, 1.807) is 11.6 Å². The second kappa shape index (κ2) is 6.92. The van der Waals surface area contributed by atoms with Gasteiger partial charge in [-0.2, -0.15) is 13.2 Å². The zero-order valence-corrected chi connectivity index (χ0v) is 15.4. The van der Waals surface area contributed by atoms with E-state index in [0.29, 0.717) is 13.1 Å². The molecule has 0 unspecified atom stereocenters. The Kier molecular flexibility index (Phi) is 4.56. The van der Waals surface area contributed by atoms with Crippen LogP contribution in [0.4, 0.5) is 30.2 Å². The molecule has 0 amide bonds. The molecule has 1 aliphatic heterocycles. The molecule has 1 aromatic heterocycles. The number of piperidine rings is 1. The maximum Gasteiger partial charge on any atom is 0.391 e. The molecule has 2 aromatic carbocycles. The first-order chi connectivity index (χ1) is 13.3. The van der Waals surface area contributed by atoms with Gasteiger partial charge in [0.2, 0.25) is 0 Å². The van der Waals surface area contributed by atoms with E-state index < -0.39 is 12.1 Å². The summed E-state index contributed by atoms with van der Waals surface area (Å²) in [7, 11) is 1.71. The summed E-state index contributed by atoms with van der Waals surface area (Å²) < 4.78 is 40.0. The van der Waals surface area contributed by atoms with Crippen LogP contribution in [0.3, 0.4) is 0 Å². The molecule has 4 rings (SSSR count). The van der Waals surface area contributed by atoms with Crippen molar-refractivity contribution in [3.63, 3.8) is 0 Å². The lowest BCUT2D eigenvalue weighted by atomic mass is 9.96. The highest BCUT2D eigenvalue weighted by atomic mass is 19.4. The smallest absolute Gasteiger partial charge is 0.372 e. The molecule has 0 saturated carbocycles. The number of H-pyrrole nitrogens is 1. The summed E-state index contributed by atoms with van der Waals surface area (Å²) in [6, 6.07) is 13.3. The van der Waals surface area contributed by atoms with Crippen molar-refractivity contribution in [1.82, 2.24) is 9.55 Å². The topological polar surface area (TPSA) is 53.1 Å². The Labute approximate surface area is 159 Å². The van der Waals surface area contributed by atoms with Crippen molar-refractivity contribution in [2.24, 2.45) is 13.0 Å². The molecule has 1 fully saturated rings. The molecule has 0 bridgehead atoms. The number of rotatable bonds is 3. The number of hydrogen-bond acceptors (Lipinski definition) is 3. The summed E-state index contributed by atoms with van der Waals surface area (Å²) in [6.07, 6.45) is -3.82. The van der Waals surface area contributed by atoms with Gasteiger partial charge in [-0.25, -0.2) is 4.79 Å². The predicted molar refractivity (Wildman–Crippen MR) is 104 cm³/mol. The van der Waals surface area contributed by atoms with Crippen molar-refractivity contribution < 1.29 is 13.2 Å². The first-order valence-corrected chi connectivity index (χ1v) is 9.19. The largest absolute Gasteiger partial charge is 0.391 e. The number of aromatic amines is 1. The van der Waals surface area contributed by atoms with Gasteiger partial charge in [0.25, 0.3) is 0 Å². The molecular weight excluding hydrogens is 369 g/mol. The maximum absolute atomic E-state index is 12.8. The van der Waals surface area contributed by atoms with Crippen LogP contribution >= 0.6 is 0 Å². The van der Waals surface area contributed by atoms with E-state index in [2.05, 4.69) is 10.3 Å². The average molecular weight is 390 g/mol. The fourth-order valence-corrected chi connectivity index (χ4v) is 3.70. The third kappa shape index (κ3) is 3.58. The summed E-state index contributed by atoms with van der Waals surface area (Å²) in [5.74, 6) is -1.19. The lowest BCUT2D eigenvalue weighted by molar-refractivity contribution is -0.179. The number of anilines is 3. The van der Waals surface area contributed by atoms with Crippen molar-refractivity contribution in [1.29, 1.82) is 0 Å². The first-order valence-electron chi connectivity index (χ1n) is 9.19. The van der Waals surface area contributed by atoms with E-state index in [0.717, 1.165) is 28.1 Å². The fraction of sp³-hybridized carbons (Fsp3) is 0.350. The Morgan fingerprint density at radius 2 is 1.68 bits per heavy atom. The van der Waals surface area contributed by atoms with Gasteiger partial charge in [-0.1, -0.05) is 0 Å². The van der Waals surface area contributed by atoms with Crippen LogP contribution < -0.4 is 15.9 Å². The van der Waals surface area contributed by atoms with E-state index in [1.165, 1.54) is 0 Å². The molecule has 1 saturated heterocycles. The van der Waals surface area contributed by atoms with Gasteiger partial charge in [-0.3, -0.25) is 4.57 Å². The number of nitrogens with zero attached hydrogens (tertiary/aromatic N) is 2. The number of aromatic nitrogens is 2. The second-order valence-corrected chi connectivity index (χ2v) is 7.20.